The highest BCUT2D eigenvalue weighted by Gasteiger charge is 2.07. The average Bonchev–Trinajstić information content (AvgIpc) is 2.44. The van der Waals surface area contributed by atoms with Gasteiger partial charge in [-0.05, 0) is 34.5 Å². The molecule has 2 aromatic rings. The van der Waals surface area contributed by atoms with Crippen LogP contribution in [-0.4, -0.2) is 21.1 Å². The van der Waals surface area contributed by atoms with E-state index in [0.717, 1.165) is 18.8 Å². The van der Waals surface area contributed by atoms with Crippen molar-refractivity contribution in [2.24, 2.45) is 0 Å². The fourth-order valence-electron chi connectivity index (χ4n) is 1.64. The number of hydrogen-bond acceptors (Lipinski definition) is 4. The second-order valence-corrected chi connectivity index (χ2v) is 5.49. The molecule has 0 aliphatic carbocycles. The number of hydrogen-bond donors (Lipinski definition) is 1. The maximum Gasteiger partial charge on any atom is 0.267 e. The first-order valence-corrected chi connectivity index (χ1v) is 7.38. The Morgan fingerprint density at radius 3 is 3.00 bits per heavy atom. The Morgan fingerprint density at radius 2 is 2.25 bits per heavy atom. The summed E-state index contributed by atoms with van der Waals surface area (Å²) in [6.07, 6.45) is 3.94. The Balaban J connectivity index is 2.28. The summed E-state index contributed by atoms with van der Waals surface area (Å²) in [5, 5.41) is 3.72. The van der Waals surface area contributed by atoms with Crippen LogP contribution < -0.4 is 10.9 Å². The van der Waals surface area contributed by atoms with Gasteiger partial charge in [0, 0.05) is 12.7 Å². The number of halogens is 2. The molecule has 0 unspecified atom stereocenters. The van der Waals surface area contributed by atoms with E-state index in [0.29, 0.717) is 15.2 Å². The summed E-state index contributed by atoms with van der Waals surface area (Å²) in [4.78, 5) is 20.3. The molecule has 7 heteroatoms. The first kappa shape index (κ1) is 15.0. The van der Waals surface area contributed by atoms with Crippen LogP contribution in [0.15, 0.2) is 33.9 Å². The van der Waals surface area contributed by atoms with Gasteiger partial charge in [0.1, 0.15) is 10.3 Å². The Hall–Kier alpha value is -1.40. The lowest BCUT2D eigenvalue weighted by Crippen LogP contribution is -2.22. The SMILES string of the molecule is CCCNc1ccc(Cl)c(Cn2cncc(Br)c2=O)n1. The fourth-order valence-corrected chi connectivity index (χ4v) is 2.16. The normalized spacial score (nSPS) is 10.6. The van der Waals surface area contributed by atoms with Crippen LogP contribution in [0.3, 0.4) is 0 Å². The molecular weight excluding hydrogens is 344 g/mol. The van der Waals surface area contributed by atoms with E-state index in [-0.39, 0.29) is 12.1 Å². The molecule has 2 aromatic heterocycles. The van der Waals surface area contributed by atoms with Gasteiger partial charge in [0.05, 0.1) is 23.6 Å². The van der Waals surface area contributed by atoms with Gasteiger partial charge in [0.15, 0.2) is 0 Å². The predicted molar refractivity (Wildman–Crippen MR) is 83.3 cm³/mol. The van der Waals surface area contributed by atoms with Crippen molar-refractivity contribution in [3.8, 4) is 0 Å². The van der Waals surface area contributed by atoms with Crippen LogP contribution in [0.1, 0.15) is 19.0 Å². The van der Waals surface area contributed by atoms with Crippen molar-refractivity contribution >= 4 is 33.3 Å². The van der Waals surface area contributed by atoms with E-state index in [1.165, 1.54) is 17.1 Å². The number of rotatable bonds is 5. The second kappa shape index (κ2) is 6.85. The molecule has 0 bridgehead atoms. The van der Waals surface area contributed by atoms with E-state index < -0.39 is 0 Å². The third-order valence-corrected chi connectivity index (χ3v) is 3.54. The zero-order valence-electron chi connectivity index (χ0n) is 10.9. The molecule has 0 spiro atoms. The lowest BCUT2D eigenvalue weighted by atomic mass is 10.3. The smallest absolute Gasteiger partial charge is 0.267 e. The summed E-state index contributed by atoms with van der Waals surface area (Å²) in [6, 6.07) is 3.60. The number of pyridine rings is 1. The quantitative estimate of drug-likeness (QED) is 0.894. The highest BCUT2D eigenvalue weighted by molar-refractivity contribution is 9.10. The first-order valence-electron chi connectivity index (χ1n) is 6.21. The number of nitrogens with one attached hydrogen (secondary N) is 1. The molecule has 2 heterocycles. The van der Waals surface area contributed by atoms with Crippen molar-refractivity contribution in [1.82, 2.24) is 14.5 Å². The molecule has 0 aromatic carbocycles. The minimum Gasteiger partial charge on any atom is -0.370 e. The van der Waals surface area contributed by atoms with E-state index in [1.54, 1.807) is 6.07 Å². The third kappa shape index (κ3) is 3.58. The Labute approximate surface area is 130 Å². The van der Waals surface area contributed by atoms with Gasteiger partial charge >= 0.3 is 0 Å². The second-order valence-electron chi connectivity index (χ2n) is 4.23. The highest BCUT2D eigenvalue weighted by Crippen LogP contribution is 2.17. The van der Waals surface area contributed by atoms with Gasteiger partial charge < -0.3 is 5.32 Å². The molecular formula is C13H14BrClN4O. The molecule has 106 valence electrons. The van der Waals surface area contributed by atoms with Gasteiger partial charge in [-0.25, -0.2) is 9.97 Å². The van der Waals surface area contributed by atoms with E-state index in [2.05, 4.69) is 38.1 Å². The lowest BCUT2D eigenvalue weighted by molar-refractivity contribution is 0.714. The molecule has 0 fully saturated rings. The van der Waals surface area contributed by atoms with Gasteiger partial charge in [-0.1, -0.05) is 18.5 Å². The van der Waals surface area contributed by atoms with E-state index >= 15 is 0 Å². The Bertz CT molecular complexity index is 659. The van der Waals surface area contributed by atoms with Gasteiger partial charge in [0.25, 0.3) is 5.56 Å². The number of nitrogens with zero attached hydrogens (tertiary/aromatic N) is 3. The summed E-state index contributed by atoms with van der Waals surface area (Å²) < 4.78 is 1.87. The topological polar surface area (TPSA) is 59.8 Å². The van der Waals surface area contributed by atoms with Crippen molar-refractivity contribution < 1.29 is 0 Å². The molecule has 0 amide bonds. The minimum absolute atomic E-state index is 0.162. The fraction of sp³-hybridized carbons (Fsp3) is 0.308. The van der Waals surface area contributed by atoms with E-state index in [4.69, 9.17) is 11.6 Å². The molecule has 20 heavy (non-hydrogen) atoms. The van der Waals surface area contributed by atoms with Crippen molar-refractivity contribution in [2.75, 3.05) is 11.9 Å². The molecule has 0 radical (unpaired) electrons. The summed E-state index contributed by atoms with van der Waals surface area (Å²) in [5.74, 6) is 0.752. The van der Waals surface area contributed by atoms with Crippen molar-refractivity contribution in [1.29, 1.82) is 0 Å². The molecule has 5 nitrogen and oxygen atoms in total. The van der Waals surface area contributed by atoms with Gasteiger partial charge in [-0.15, -0.1) is 0 Å². The molecule has 0 aliphatic heterocycles. The van der Waals surface area contributed by atoms with Gasteiger partial charge in [0.2, 0.25) is 0 Å². The highest BCUT2D eigenvalue weighted by atomic mass is 79.9. The van der Waals surface area contributed by atoms with Crippen LogP contribution in [0.4, 0.5) is 5.82 Å². The van der Waals surface area contributed by atoms with Crippen LogP contribution in [0.25, 0.3) is 0 Å². The van der Waals surface area contributed by atoms with Crippen LogP contribution in [0.2, 0.25) is 5.02 Å². The Kier molecular flexibility index (Phi) is 5.14. The zero-order chi connectivity index (χ0) is 14.5. The molecule has 0 saturated carbocycles. The molecule has 0 saturated heterocycles. The van der Waals surface area contributed by atoms with Gasteiger partial charge in [-0.2, -0.15) is 0 Å². The van der Waals surface area contributed by atoms with E-state index in [1.807, 2.05) is 6.07 Å². The third-order valence-electron chi connectivity index (χ3n) is 2.65. The summed E-state index contributed by atoms with van der Waals surface area (Å²) >= 11 is 9.30. The number of anilines is 1. The summed E-state index contributed by atoms with van der Waals surface area (Å²) in [6.45, 7) is 3.20. The minimum atomic E-state index is -0.162. The van der Waals surface area contributed by atoms with Crippen LogP contribution in [0.5, 0.6) is 0 Å². The molecule has 2 rings (SSSR count). The summed E-state index contributed by atoms with van der Waals surface area (Å²) in [5.41, 5.74) is 0.472. The largest absolute Gasteiger partial charge is 0.370 e. The number of aromatic nitrogens is 3. The molecule has 0 aliphatic rings. The maximum atomic E-state index is 11.9. The maximum absolute atomic E-state index is 11.9. The lowest BCUT2D eigenvalue weighted by Gasteiger charge is -2.09. The van der Waals surface area contributed by atoms with Gasteiger partial charge in [-0.3, -0.25) is 9.36 Å². The van der Waals surface area contributed by atoms with Crippen LogP contribution in [0, 0.1) is 0 Å². The Morgan fingerprint density at radius 1 is 1.45 bits per heavy atom. The average molecular weight is 358 g/mol. The first-order chi connectivity index (χ1) is 9.61. The van der Waals surface area contributed by atoms with E-state index in [9.17, 15) is 4.79 Å². The zero-order valence-corrected chi connectivity index (χ0v) is 13.3. The van der Waals surface area contributed by atoms with Crippen molar-refractivity contribution in [2.45, 2.75) is 19.9 Å². The molecule has 1 N–H and O–H groups in total. The standard InChI is InChI=1S/C13H14BrClN4O/c1-2-5-17-12-4-3-10(15)11(18-12)7-19-8-16-6-9(14)13(19)20/h3-4,6,8H,2,5,7H2,1H3,(H,17,18). The molecule has 0 atom stereocenters. The van der Waals surface area contributed by atoms with Crippen molar-refractivity contribution in [3.63, 3.8) is 0 Å². The van der Waals surface area contributed by atoms with Crippen LogP contribution >= 0.6 is 27.5 Å². The predicted octanol–water partition coefficient (Wildman–Crippen LogP) is 2.92. The van der Waals surface area contributed by atoms with Crippen molar-refractivity contribution in [3.05, 3.63) is 50.2 Å². The monoisotopic (exact) mass is 356 g/mol. The van der Waals surface area contributed by atoms with Crippen LogP contribution in [-0.2, 0) is 6.54 Å². The summed E-state index contributed by atoms with van der Waals surface area (Å²) in [7, 11) is 0.